The highest BCUT2D eigenvalue weighted by Gasteiger charge is 2.22. The molecule has 0 unspecified atom stereocenters. The number of aromatic hydroxyl groups is 1. The van der Waals surface area contributed by atoms with E-state index in [1.165, 1.54) is 23.7 Å². The highest BCUT2D eigenvalue weighted by Crippen LogP contribution is 2.33. The Hall–Kier alpha value is -3.48. The van der Waals surface area contributed by atoms with Gasteiger partial charge < -0.3 is 14.2 Å². The largest absolute Gasteiger partial charge is 0.506 e. The van der Waals surface area contributed by atoms with Crippen LogP contribution in [0.3, 0.4) is 0 Å². The molecule has 0 amide bonds. The zero-order valence-corrected chi connectivity index (χ0v) is 14.9. The highest BCUT2D eigenvalue weighted by atomic mass is 19.1. The molecule has 0 bridgehead atoms. The van der Waals surface area contributed by atoms with Crippen LogP contribution in [0.2, 0.25) is 0 Å². The lowest BCUT2D eigenvalue weighted by atomic mass is 10.1. The van der Waals surface area contributed by atoms with Gasteiger partial charge >= 0.3 is 0 Å². The van der Waals surface area contributed by atoms with Gasteiger partial charge in [0.05, 0.1) is 5.52 Å². The molecule has 0 aliphatic heterocycles. The van der Waals surface area contributed by atoms with Crippen LogP contribution in [0.25, 0.3) is 33.7 Å². The number of aromatic nitrogens is 3. The summed E-state index contributed by atoms with van der Waals surface area (Å²) in [5, 5.41) is 14.8. The molecule has 6 nitrogen and oxygen atoms in total. The van der Waals surface area contributed by atoms with E-state index in [9.17, 15) is 14.3 Å². The monoisotopic (exact) mass is 365 g/mol. The quantitative estimate of drug-likeness (QED) is 0.586. The van der Waals surface area contributed by atoms with Gasteiger partial charge in [-0.25, -0.2) is 4.39 Å². The van der Waals surface area contributed by atoms with Gasteiger partial charge in [-0.2, -0.15) is 4.98 Å². The van der Waals surface area contributed by atoms with Crippen LogP contribution in [0.1, 0.15) is 11.1 Å². The summed E-state index contributed by atoms with van der Waals surface area (Å²) in [6, 6.07) is 9.65. The Balaban J connectivity index is 1.95. The Kier molecular flexibility index (Phi) is 3.80. The molecule has 0 atom stereocenters. The van der Waals surface area contributed by atoms with Crippen molar-refractivity contribution < 1.29 is 14.0 Å². The molecule has 136 valence electrons. The molecule has 0 aliphatic carbocycles. The van der Waals surface area contributed by atoms with Crippen molar-refractivity contribution in [1.29, 1.82) is 0 Å². The van der Waals surface area contributed by atoms with E-state index in [1.807, 2.05) is 32.0 Å². The lowest BCUT2D eigenvalue weighted by Crippen LogP contribution is -2.19. The minimum atomic E-state index is -0.524. The molecule has 2 aromatic carbocycles. The molecule has 2 heterocycles. The van der Waals surface area contributed by atoms with E-state index in [-0.39, 0.29) is 22.6 Å². The standard InChI is InChI=1S/C20H16FN3O3/c1-10-4-5-11(2)13(8-10)18-22-19(27-23-18)16-17(25)14-9-12(21)6-7-15(14)24(3)20(16)26/h4-9,25H,1-3H3. The average Bonchev–Trinajstić information content (AvgIpc) is 3.11. The summed E-state index contributed by atoms with van der Waals surface area (Å²) < 4.78 is 20.2. The van der Waals surface area contributed by atoms with Gasteiger partial charge in [0.25, 0.3) is 11.4 Å². The average molecular weight is 365 g/mol. The van der Waals surface area contributed by atoms with Crippen molar-refractivity contribution in [3.8, 4) is 28.6 Å². The molecule has 0 spiro atoms. The maximum Gasteiger partial charge on any atom is 0.267 e. The Morgan fingerprint density at radius 3 is 2.70 bits per heavy atom. The van der Waals surface area contributed by atoms with Crippen LogP contribution >= 0.6 is 0 Å². The summed E-state index contributed by atoms with van der Waals surface area (Å²) in [7, 11) is 1.54. The van der Waals surface area contributed by atoms with Crippen molar-refractivity contribution >= 4 is 10.9 Å². The Morgan fingerprint density at radius 1 is 1.15 bits per heavy atom. The summed E-state index contributed by atoms with van der Waals surface area (Å²) >= 11 is 0. The van der Waals surface area contributed by atoms with Crippen LogP contribution < -0.4 is 5.56 Å². The number of hydrogen-bond acceptors (Lipinski definition) is 5. The van der Waals surface area contributed by atoms with E-state index in [1.54, 1.807) is 0 Å². The number of aryl methyl sites for hydroxylation is 3. The van der Waals surface area contributed by atoms with Crippen LogP contribution in [0.15, 0.2) is 45.7 Å². The minimum absolute atomic E-state index is 0.116. The molecule has 2 aromatic heterocycles. The first-order valence-corrected chi connectivity index (χ1v) is 8.29. The molecule has 0 fully saturated rings. The number of halogens is 1. The van der Waals surface area contributed by atoms with Gasteiger partial charge in [-0.1, -0.05) is 22.9 Å². The third-order valence-corrected chi connectivity index (χ3v) is 4.60. The fourth-order valence-electron chi connectivity index (χ4n) is 3.11. The Morgan fingerprint density at radius 2 is 1.93 bits per heavy atom. The molecule has 1 N–H and O–H groups in total. The van der Waals surface area contributed by atoms with E-state index >= 15 is 0 Å². The predicted octanol–water partition coefficient (Wildman–Crippen LogP) is 3.72. The number of rotatable bonds is 2. The van der Waals surface area contributed by atoms with Crippen molar-refractivity contribution in [2.75, 3.05) is 0 Å². The van der Waals surface area contributed by atoms with Crippen LogP contribution in [0.5, 0.6) is 5.75 Å². The first kappa shape index (κ1) is 17.0. The van der Waals surface area contributed by atoms with Gasteiger partial charge in [0.1, 0.15) is 17.1 Å². The molecular weight excluding hydrogens is 349 g/mol. The SMILES string of the molecule is Cc1ccc(C)c(-c2noc(-c3c(O)c4cc(F)ccc4n(C)c3=O)n2)c1. The van der Waals surface area contributed by atoms with Crippen LogP contribution in [-0.4, -0.2) is 19.8 Å². The summed E-state index contributed by atoms with van der Waals surface area (Å²) in [6.45, 7) is 3.86. The number of pyridine rings is 1. The van der Waals surface area contributed by atoms with Gasteiger partial charge in [0, 0.05) is 18.0 Å². The molecule has 4 aromatic rings. The third kappa shape index (κ3) is 2.68. The first-order valence-electron chi connectivity index (χ1n) is 8.29. The zero-order chi connectivity index (χ0) is 19.3. The summed E-state index contributed by atoms with van der Waals surface area (Å²) in [5.74, 6) is -0.713. The van der Waals surface area contributed by atoms with Crippen molar-refractivity contribution in [3.05, 3.63) is 63.7 Å². The molecule has 4 rings (SSSR count). The van der Waals surface area contributed by atoms with E-state index in [0.29, 0.717) is 11.3 Å². The third-order valence-electron chi connectivity index (χ3n) is 4.60. The van der Waals surface area contributed by atoms with Crippen LogP contribution in [0.4, 0.5) is 4.39 Å². The van der Waals surface area contributed by atoms with E-state index < -0.39 is 11.4 Å². The summed E-state index contributed by atoms with van der Waals surface area (Å²) in [4.78, 5) is 17.0. The molecule has 0 saturated heterocycles. The normalized spacial score (nSPS) is 11.3. The zero-order valence-electron chi connectivity index (χ0n) is 14.9. The second-order valence-corrected chi connectivity index (χ2v) is 6.49. The Labute approximate surface area is 153 Å². The number of nitrogens with zero attached hydrogens (tertiary/aromatic N) is 3. The maximum absolute atomic E-state index is 13.6. The number of benzene rings is 2. The van der Waals surface area contributed by atoms with Gasteiger partial charge in [-0.15, -0.1) is 0 Å². The smallest absolute Gasteiger partial charge is 0.267 e. The van der Waals surface area contributed by atoms with E-state index in [0.717, 1.165) is 22.8 Å². The second-order valence-electron chi connectivity index (χ2n) is 6.49. The van der Waals surface area contributed by atoms with Gasteiger partial charge in [-0.05, 0) is 43.7 Å². The molecule has 0 radical (unpaired) electrons. The van der Waals surface area contributed by atoms with Gasteiger partial charge in [0.15, 0.2) is 0 Å². The Bertz CT molecular complexity index is 1260. The molecule has 7 heteroatoms. The van der Waals surface area contributed by atoms with Gasteiger partial charge in [-0.3, -0.25) is 4.79 Å². The second kappa shape index (κ2) is 6.05. The topological polar surface area (TPSA) is 81.2 Å². The molecule has 0 saturated carbocycles. The summed E-state index contributed by atoms with van der Waals surface area (Å²) in [6.07, 6.45) is 0. The lowest BCUT2D eigenvalue weighted by molar-refractivity contribution is 0.425. The van der Waals surface area contributed by atoms with Crippen molar-refractivity contribution in [2.24, 2.45) is 7.05 Å². The fraction of sp³-hybridized carbons (Fsp3) is 0.150. The van der Waals surface area contributed by atoms with E-state index in [4.69, 9.17) is 4.52 Å². The van der Waals surface area contributed by atoms with E-state index in [2.05, 4.69) is 10.1 Å². The fourth-order valence-corrected chi connectivity index (χ4v) is 3.11. The van der Waals surface area contributed by atoms with Crippen LogP contribution in [0, 0.1) is 19.7 Å². The molecule has 27 heavy (non-hydrogen) atoms. The van der Waals surface area contributed by atoms with Crippen molar-refractivity contribution in [1.82, 2.24) is 14.7 Å². The first-order chi connectivity index (χ1) is 12.9. The van der Waals surface area contributed by atoms with Crippen molar-refractivity contribution in [3.63, 3.8) is 0 Å². The number of hydrogen-bond donors (Lipinski definition) is 1. The summed E-state index contributed by atoms with van der Waals surface area (Å²) in [5.41, 5.74) is 2.49. The predicted molar refractivity (Wildman–Crippen MR) is 99.0 cm³/mol. The van der Waals surface area contributed by atoms with Crippen LogP contribution in [-0.2, 0) is 7.05 Å². The van der Waals surface area contributed by atoms with Gasteiger partial charge in [0.2, 0.25) is 5.82 Å². The maximum atomic E-state index is 13.6. The minimum Gasteiger partial charge on any atom is -0.506 e. The lowest BCUT2D eigenvalue weighted by Gasteiger charge is -2.09. The molecule has 0 aliphatic rings. The van der Waals surface area contributed by atoms with Crippen molar-refractivity contribution in [2.45, 2.75) is 13.8 Å². The highest BCUT2D eigenvalue weighted by molar-refractivity contribution is 5.91. The number of fused-ring (bicyclic) bond motifs is 1. The molecular formula is C20H16FN3O3.